The fourth-order valence-corrected chi connectivity index (χ4v) is 4.14. The number of hydrazine groups is 1. The topological polar surface area (TPSA) is 81.7 Å². The molecule has 1 aliphatic carbocycles. The molecule has 2 aliphatic rings. The zero-order valence-corrected chi connectivity index (χ0v) is 15.4. The quantitative estimate of drug-likeness (QED) is 0.696. The molecule has 4 atom stereocenters. The lowest BCUT2D eigenvalue weighted by atomic mass is 9.99. The molecule has 0 spiro atoms. The van der Waals surface area contributed by atoms with Crippen molar-refractivity contribution in [2.75, 3.05) is 13.6 Å². The highest BCUT2D eigenvalue weighted by Crippen LogP contribution is 2.32. The van der Waals surface area contributed by atoms with E-state index in [-0.39, 0.29) is 17.7 Å². The molecule has 1 saturated carbocycles. The summed E-state index contributed by atoms with van der Waals surface area (Å²) < 4.78 is 0. The van der Waals surface area contributed by atoms with E-state index in [9.17, 15) is 9.59 Å². The monoisotopic (exact) mass is 359 g/mol. The van der Waals surface area contributed by atoms with Gasteiger partial charge in [0.2, 0.25) is 5.91 Å². The number of hydrogen-bond acceptors (Lipinski definition) is 4. The summed E-state index contributed by atoms with van der Waals surface area (Å²) in [6, 6.07) is 11.2. The fraction of sp³-hybridized carbons (Fsp3) is 0.600. The van der Waals surface area contributed by atoms with Gasteiger partial charge in [-0.2, -0.15) is 0 Å². The van der Waals surface area contributed by atoms with E-state index in [0.717, 1.165) is 25.8 Å². The fourth-order valence-electron chi connectivity index (χ4n) is 4.14. The first kappa shape index (κ1) is 18.9. The first-order valence-electron chi connectivity index (χ1n) is 9.58. The first-order valence-corrected chi connectivity index (χ1v) is 9.58. The van der Waals surface area contributed by atoms with Crippen molar-refractivity contribution in [1.82, 2.24) is 15.8 Å². The molecule has 142 valence electrons. The molecule has 3 rings (SSSR count). The van der Waals surface area contributed by atoms with Crippen molar-refractivity contribution in [3.63, 3.8) is 0 Å². The van der Waals surface area contributed by atoms with Gasteiger partial charge in [0, 0.05) is 31.6 Å². The molecule has 6 heteroatoms. The predicted molar refractivity (Wildman–Crippen MR) is 99.2 cm³/mol. The molecule has 1 amide bonds. The summed E-state index contributed by atoms with van der Waals surface area (Å²) in [5.74, 6) is -1.12. The molecule has 0 bridgehead atoms. The van der Waals surface area contributed by atoms with Gasteiger partial charge in [-0.3, -0.25) is 20.4 Å². The average Bonchev–Trinajstić information content (AvgIpc) is 3.31. The smallest absolute Gasteiger partial charge is 0.306 e. The van der Waals surface area contributed by atoms with Gasteiger partial charge in [0.25, 0.3) is 0 Å². The van der Waals surface area contributed by atoms with E-state index in [1.54, 1.807) is 4.90 Å². The molecule has 0 radical (unpaired) electrons. The Kier molecular flexibility index (Phi) is 6.27. The highest BCUT2D eigenvalue weighted by molar-refractivity contribution is 5.80. The molecule has 1 aromatic rings. The van der Waals surface area contributed by atoms with Gasteiger partial charge in [-0.25, -0.2) is 0 Å². The summed E-state index contributed by atoms with van der Waals surface area (Å²) in [5, 5.41) is 9.08. The maximum atomic E-state index is 12.5. The van der Waals surface area contributed by atoms with Crippen molar-refractivity contribution in [3.8, 4) is 0 Å². The zero-order chi connectivity index (χ0) is 18.5. The van der Waals surface area contributed by atoms with Gasteiger partial charge in [-0.1, -0.05) is 30.3 Å². The molecule has 2 fully saturated rings. The SMILES string of the molecule is CN(CCCC1CC(c2ccccc2)NN1)C(=O)[C@@H]1CC[C@H](C(=O)O)C1. The summed E-state index contributed by atoms with van der Waals surface area (Å²) >= 11 is 0. The Morgan fingerprint density at radius 2 is 1.85 bits per heavy atom. The summed E-state index contributed by atoms with van der Waals surface area (Å²) in [6.45, 7) is 0.723. The zero-order valence-electron chi connectivity index (χ0n) is 15.4. The number of rotatable bonds is 7. The summed E-state index contributed by atoms with van der Waals surface area (Å²) in [7, 11) is 1.84. The van der Waals surface area contributed by atoms with Crippen LogP contribution in [0.25, 0.3) is 0 Å². The first-order chi connectivity index (χ1) is 12.5. The number of benzene rings is 1. The number of aliphatic carboxylic acids is 1. The maximum Gasteiger partial charge on any atom is 0.306 e. The number of carbonyl (C=O) groups excluding carboxylic acids is 1. The molecule has 1 aliphatic heterocycles. The number of carboxylic acid groups (broad SMARTS) is 1. The van der Waals surface area contributed by atoms with Crippen molar-refractivity contribution in [3.05, 3.63) is 35.9 Å². The van der Waals surface area contributed by atoms with Crippen LogP contribution in [0.5, 0.6) is 0 Å². The van der Waals surface area contributed by atoms with Crippen LogP contribution in [0.15, 0.2) is 30.3 Å². The van der Waals surface area contributed by atoms with Crippen LogP contribution >= 0.6 is 0 Å². The molecule has 26 heavy (non-hydrogen) atoms. The third-order valence-electron chi connectivity index (χ3n) is 5.74. The van der Waals surface area contributed by atoms with Gasteiger partial charge in [0.15, 0.2) is 0 Å². The third-order valence-corrected chi connectivity index (χ3v) is 5.74. The minimum atomic E-state index is -0.768. The van der Waals surface area contributed by atoms with Crippen LogP contribution in [0, 0.1) is 11.8 Å². The van der Waals surface area contributed by atoms with Gasteiger partial charge in [-0.15, -0.1) is 0 Å². The van der Waals surface area contributed by atoms with Crippen LogP contribution < -0.4 is 10.9 Å². The Morgan fingerprint density at radius 1 is 1.12 bits per heavy atom. The summed E-state index contributed by atoms with van der Waals surface area (Å²) in [6.07, 6.45) is 4.82. The molecular formula is C20H29N3O3. The highest BCUT2D eigenvalue weighted by atomic mass is 16.4. The van der Waals surface area contributed by atoms with E-state index >= 15 is 0 Å². The van der Waals surface area contributed by atoms with E-state index in [0.29, 0.717) is 31.3 Å². The molecule has 1 saturated heterocycles. The Bertz CT molecular complexity index is 622. The Labute approximate surface area is 154 Å². The lowest BCUT2D eigenvalue weighted by molar-refractivity contribution is -0.141. The molecule has 0 aromatic heterocycles. The molecule has 1 aromatic carbocycles. The molecule has 6 nitrogen and oxygen atoms in total. The van der Waals surface area contributed by atoms with E-state index < -0.39 is 5.97 Å². The second kappa shape index (κ2) is 8.64. The summed E-state index contributed by atoms with van der Waals surface area (Å²) in [5.41, 5.74) is 8.02. The van der Waals surface area contributed by atoms with Crippen molar-refractivity contribution in [1.29, 1.82) is 0 Å². The standard InChI is InChI=1S/C20H29N3O3/c1-23(19(24)15-9-10-16(12-15)20(25)26)11-5-8-17-13-18(22-21-17)14-6-3-2-4-7-14/h2-4,6-7,15-18,21-22H,5,8-13H2,1H3,(H,25,26)/t15-,16+,17?,18?/m1/s1. The number of hydrogen-bond donors (Lipinski definition) is 3. The van der Waals surface area contributed by atoms with Gasteiger partial charge >= 0.3 is 5.97 Å². The van der Waals surface area contributed by atoms with E-state index in [1.807, 2.05) is 13.1 Å². The Balaban J connectivity index is 1.37. The van der Waals surface area contributed by atoms with Gasteiger partial charge in [0.05, 0.1) is 5.92 Å². The summed E-state index contributed by atoms with van der Waals surface area (Å²) in [4.78, 5) is 25.3. The highest BCUT2D eigenvalue weighted by Gasteiger charge is 2.35. The van der Waals surface area contributed by atoms with Crippen LogP contribution in [0.4, 0.5) is 0 Å². The average molecular weight is 359 g/mol. The van der Waals surface area contributed by atoms with E-state index in [2.05, 4.69) is 35.1 Å². The van der Waals surface area contributed by atoms with Gasteiger partial charge in [-0.05, 0) is 44.1 Å². The van der Waals surface area contributed by atoms with Crippen LogP contribution in [-0.4, -0.2) is 41.5 Å². The van der Waals surface area contributed by atoms with Crippen LogP contribution in [0.3, 0.4) is 0 Å². The van der Waals surface area contributed by atoms with E-state index in [4.69, 9.17) is 5.11 Å². The maximum absolute atomic E-state index is 12.5. The molecule has 1 heterocycles. The number of carbonyl (C=O) groups is 2. The van der Waals surface area contributed by atoms with Crippen LogP contribution in [-0.2, 0) is 9.59 Å². The van der Waals surface area contributed by atoms with Crippen LogP contribution in [0.2, 0.25) is 0 Å². The van der Waals surface area contributed by atoms with Crippen LogP contribution in [0.1, 0.15) is 50.1 Å². The largest absolute Gasteiger partial charge is 0.481 e. The number of nitrogens with one attached hydrogen (secondary N) is 2. The Morgan fingerprint density at radius 3 is 2.54 bits per heavy atom. The number of nitrogens with zero attached hydrogens (tertiary/aromatic N) is 1. The number of amides is 1. The minimum Gasteiger partial charge on any atom is -0.481 e. The lowest BCUT2D eigenvalue weighted by Gasteiger charge is -2.21. The second-order valence-electron chi connectivity index (χ2n) is 7.63. The van der Waals surface area contributed by atoms with Crippen molar-refractivity contribution >= 4 is 11.9 Å². The number of carboxylic acids is 1. The normalized spacial score (nSPS) is 28.2. The van der Waals surface area contributed by atoms with Gasteiger partial charge < -0.3 is 10.0 Å². The van der Waals surface area contributed by atoms with Gasteiger partial charge in [0.1, 0.15) is 0 Å². The molecule has 3 N–H and O–H groups in total. The third kappa shape index (κ3) is 4.62. The minimum absolute atomic E-state index is 0.105. The second-order valence-corrected chi connectivity index (χ2v) is 7.63. The van der Waals surface area contributed by atoms with Crippen molar-refractivity contribution in [2.24, 2.45) is 11.8 Å². The molecular weight excluding hydrogens is 330 g/mol. The molecule has 2 unspecified atom stereocenters. The van der Waals surface area contributed by atoms with Crippen molar-refractivity contribution in [2.45, 2.75) is 50.6 Å². The Hall–Kier alpha value is -1.92. The van der Waals surface area contributed by atoms with E-state index in [1.165, 1.54) is 5.56 Å². The lowest BCUT2D eigenvalue weighted by Crippen LogP contribution is -2.34. The predicted octanol–water partition coefficient (Wildman–Crippen LogP) is 2.33. The van der Waals surface area contributed by atoms with Crippen molar-refractivity contribution < 1.29 is 14.7 Å².